The lowest BCUT2D eigenvalue weighted by atomic mass is 10.1. The van der Waals surface area contributed by atoms with E-state index in [0.29, 0.717) is 11.7 Å². The van der Waals surface area contributed by atoms with Crippen molar-refractivity contribution in [3.63, 3.8) is 0 Å². The van der Waals surface area contributed by atoms with Crippen molar-refractivity contribution in [1.82, 2.24) is 9.97 Å². The minimum atomic E-state index is 0.320. The van der Waals surface area contributed by atoms with Crippen molar-refractivity contribution < 1.29 is 4.42 Å². The number of halogens is 1. The van der Waals surface area contributed by atoms with E-state index in [2.05, 4.69) is 45.1 Å². The zero-order valence-electron chi connectivity index (χ0n) is 10.9. The molecule has 1 N–H and O–H groups in total. The third-order valence-corrected chi connectivity index (χ3v) is 3.54. The quantitative estimate of drug-likeness (QED) is 0.932. The molecule has 0 unspecified atom stereocenters. The summed E-state index contributed by atoms with van der Waals surface area (Å²) in [5.41, 5.74) is 1.92. The van der Waals surface area contributed by atoms with E-state index in [1.165, 1.54) is 0 Å². The summed E-state index contributed by atoms with van der Waals surface area (Å²) in [7, 11) is 1.85. The molecular formula is C13H16BrN3O. The van der Waals surface area contributed by atoms with E-state index in [-0.39, 0.29) is 0 Å². The first kappa shape index (κ1) is 13.1. The highest BCUT2D eigenvalue weighted by atomic mass is 79.9. The van der Waals surface area contributed by atoms with E-state index in [9.17, 15) is 0 Å². The standard InChI is InChI=1S/C13H16BrN3O/c1-7(2)11-10(14)13(15-4)17-12(16-11)9-5-6-18-8(9)3/h5-7H,1-4H3,(H,15,16,17). The molecule has 2 aromatic heterocycles. The minimum Gasteiger partial charge on any atom is -0.469 e. The van der Waals surface area contributed by atoms with Crippen molar-refractivity contribution in [2.24, 2.45) is 0 Å². The van der Waals surface area contributed by atoms with Crippen molar-refractivity contribution >= 4 is 21.7 Å². The zero-order valence-corrected chi connectivity index (χ0v) is 12.5. The minimum absolute atomic E-state index is 0.320. The van der Waals surface area contributed by atoms with Gasteiger partial charge in [0.2, 0.25) is 0 Å². The molecule has 2 rings (SSSR count). The molecule has 0 aliphatic rings. The molecule has 0 atom stereocenters. The van der Waals surface area contributed by atoms with Crippen molar-refractivity contribution in [1.29, 1.82) is 0 Å². The second-order valence-corrected chi connectivity index (χ2v) is 5.18. The predicted octanol–water partition coefficient (Wildman–Crippen LogP) is 3.97. The second kappa shape index (κ2) is 5.10. The molecule has 0 fully saturated rings. The van der Waals surface area contributed by atoms with Gasteiger partial charge in [0.25, 0.3) is 0 Å². The van der Waals surface area contributed by atoms with Crippen LogP contribution in [0.3, 0.4) is 0 Å². The van der Waals surface area contributed by atoms with Crippen LogP contribution in [0.15, 0.2) is 21.2 Å². The highest BCUT2D eigenvalue weighted by molar-refractivity contribution is 9.10. The molecule has 0 spiro atoms. The lowest BCUT2D eigenvalue weighted by Gasteiger charge is -2.13. The van der Waals surface area contributed by atoms with E-state index in [1.807, 2.05) is 20.0 Å². The van der Waals surface area contributed by atoms with Crippen LogP contribution in [0, 0.1) is 6.92 Å². The van der Waals surface area contributed by atoms with Gasteiger partial charge in [0.05, 0.1) is 22.0 Å². The fourth-order valence-electron chi connectivity index (χ4n) is 1.75. The van der Waals surface area contributed by atoms with Crippen LogP contribution in [-0.4, -0.2) is 17.0 Å². The first-order chi connectivity index (χ1) is 8.54. The van der Waals surface area contributed by atoms with E-state index in [1.54, 1.807) is 6.26 Å². The summed E-state index contributed by atoms with van der Waals surface area (Å²) in [6.07, 6.45) is 1.66. The third-order valence-electron chi connectivity index (χ3n) is 2.76. The molecule has 0 saturated heterocycles. The predicted molar refractivity (Wildman–Crippen MR) is 75.8 cm³/mol. The van der Waals surface area contributed by atoms with Gasteiger partial charge in [-0.1, -0.05) is 13.8 Å². The molecule has 0 saturated carbocycles. The topological polar surface area (TPSA) is 51.0 Å². The van der Waals surface area contributed by atoms with Gasteiger partial charge < -0.3 is 9.73 Å². The second-order valence-electron chi connectivity index (χ2n) is 4.39. The molecule has 2 heterocycles. The first-order valence-corrected chi connectivity index (χ1v) is 6.63. The van der Waals surface area contributed by atoms with Crippen LogP contribution in [0.5, 0.6) is 0 Å². The molecule has 0 aliphatic heterocycles. The third kappa shape index (κ3) is 2.27. The van der Waals surface area contributed by atoms with Gasteiger partial charge in [-0.2, -0.15) is 0 Å². The Morgan fingerprint density at radius 2 is 2.06 bits per heavy atom. The van der Waals surface area contributed by atoms with E-state index < -0.39 is 0 Å². The van der Waals surface area contributed by atoms with Crippen molar-refractivity contribution in [2.75, 3.05) is 12.4 Å². The van der Waals surface area contributed by atoms with Crippen LogP contribution in [0.25, 0.3) is 11.4 Å². The van der Waals surface area contributed by atoms with Gasteiger partial charge in [0.1, 0.15) is 11.6 Å². The van der Waals surface area contributed by atoms with Crippen LogP contribution in [-0.2, 0) is 0 Å². The van der Waals surface area contributed by atoms with Gasteiger partial charge >= 0.3 is 0 Å². The van der Waals surface area contributed by atoms with Gasteiger partial charge in [-0.3, -0.25) is 0 Å². The monoisotopic (exact) mass is 309 g/mol. The van der Waals surface area contributed by atoms with E-state index >= 15 is 0 Å². The van der Waals surface area contributed by atoms with Crippen LogP contribution in [0.4, 0.5) is 5.82 Å². The summed E-state index contributed by atoms with van der Waals surface area (Å²) >= 11 is 3.55. The van der Waals surface area contributed by atoms with Gasteiger partial charge in [-0.15, -0.1) is 0 Å². The molecule has 0 bridgehead atoms. The summed E-state index contributed by atoms with van der Waals surface area (Å²) in [4.78, 5) is 9.13. The number of aryl methyl sites for hydroxylation is 1. The molecule has 5 heteroatoms. The fraction of sp³-hybridized carbons (Fsp3) is 0.385. The number of nitrogens with zero attached hydrogens (tertiary/aromatic N) is 2. The summed E-state index contributed by atoms with van der Waals surface area (Å²) < 4.78 is 6.23. The number of hydrogen-bond acceptors (Lipinski definition) is 4. The summed E-state index contributed by atoms with van der Waals surface area (Å²) in [6.45, 7) is 6.13. The summed E-state index contributed by atoms with van der Waals surface area (Å²) in [6, 6.07) is 1.89. The summed E-state index contributed by atoms with van der Waals surface area (Å²) in [5.74, 6) is 2.64. The highest BCUT2D eigenvalue weighted by Gasteiger charge is 2.16. The van der Waals surface area contributed by atoms with Gasteiger partial charge in [0, 0.05) is 7.05 Å². The van der Waals surface area contributed by atoms with Crippen molar-refractivity contribution in [3.05, 3.63) is 28.3 Å². The lowest BCUT2D eigenvalue weighted by molar-refractivity contribution is 0.535. The SMILES string of the molecule is CNc1nc(-c2ccoc2C)nc(C(C)C)c1Br. The zero-order chi connectivity index (χ0) is 13.3. The Hall–Kier alpha value is -1.36. The molecule has 0 aliphatic carbocycles. The lowest BCUT2D eigenvalue weighted by Crippen LogP contribution is -2.04. The van der Waals surface area contributed by atoms with Crippen LogP contribution >= 0.6 is 15.9 Å². The average Bonchev–Trinajstić information content (AvgIpc) is 2.75. The molecule has 96 valence electrons. The Balaban J connectivity index is 2.63. The number of furan rings is 1. The Labute approximate surface area is 115 Å². The first-order valence-electron chi connectivity index (χ1n) is 5.84. The van der Waals surface area contributed by atoms with E-state index in [4.69, 9.17) is 4.42 Å². The van der Waals surface area contributed by atoms with Gasteiger partial charge in [-0.25, -0.2) is 9.97 Å². The largest absolute Gasteiger partial charge is 0.469 e. The maximum absolute atomic E-state index is 5.31. The number of anilines is 1. The maximum atomic E-state index is 5.31. The number of nitrogens with one attached hydrogen (secondary N) is 1. The molecular weight excluding hydrogens is 294 g/mol. The Bertz CT molecular complexity index is 563. The summed E-state index contributed by atoms with van der Waals surface area (Å²) in [5, 5.41) is 3.08. The number of rotatable bonds is 3. The number of hydrogen-bond donors (Lipinski definition) is 1. The normalized spacial score (nSPS) is 11.0. The molecule has 0 amide bonds. The number of aromatic nitrogens is 2. The average molecular weight is 310 g/mol. The van der Waals surface area contributed by atoms with Crippen LogP contribution in [0.2, 0.25) is 0 Å². The van der Waals surface area contributed by atoms with Gasteiger partial charge in [-0.05, 0) is 34.8 Å². The van der Waals surface area contributed by atoms with Crippen molar-refractivity contribution in [3.8, 4) is 11.4 Å². The molecule has 2 aromatic rings. The highest BCUT2D eigenvalue weighted by Crippen LogP contribution is 2.32. The molecule has 18 heavy (non-hydrogen) atoms. The van der Waals surface area contributed by atoms with Crippen LogP contribution in [0.1, 0.15) is 31.2 Å². The fourth-order valence-corrected chi connectivity index (χ4v) is 2.58. The molecule has 0 aromatic carbocycles. The molecule has 0 radical (unpaired) electrons. The Morgan fingerprint density at radius 1 is 1.33 bits per heavy atom. The van der Waals surface area contributed by atoms with Gasteiger partial charge in [0.15, 0.2) is 5.82 Å². The van der Waals surface area contributed by atoms with E-state index in [0.717, 1.165) is 27.3 Å². The Kier molecular flexibility index (Phi) is 3.71. The Morgan fingerprint density at radius 3 is 2.56 bits per heavy atom. The maximum Gasteiger partial charge on any atom is 0.165 e. The molecule has 4 nitrogen and oxygen atoms in total. The van der Waals surface area contributed by atoms with Crippen LogP contribution < -0.4 is 5.32 Å². The smallest absolute Gasteiger partial charge is 0.165 e. The van der Waals surface area contributed by atoms with Crippen molar-refractivity contribution in [2.45, 2.75) is 26.7 Å².